The van der Waals surface area contributed by atoms with E-state index in [4.69, 9.17) is 22.2 Å². The van der Waals surface area contributed by atoms with Crippen LogP contribution in [-0.2, 0) is 14.8 Å². The van der Waals surface area contributed by atoms with Crippen LogP contribution in [0.2, 0.25) is 0 Å². The zero-order valence-electron chi connectivity index (χ0n) is 17.4. The first-order valence-corrected chi connectivity index (χ1v) is 12.5. The second-order valence-corrected chi connectivity index (χ2v) is 10.5. The van der Waals surface area contributed by atoms with E-state index < -0.39 is 27.7 Å². The van der Waals surface area contributed by atoms with E-state index in [9.17, 15) is 17.6 Å². The summed E-state index contributed by atoms with van der Waals surface area (Å²) < 4.78 is 45.5. The number of thiocarbonyl (C=S) groups is 1. The Labute approximate surface area is 191 Å². The fourth-order valence-electron chi connectivity index (χ4n) is 3.84. The SMILES string of the molecule is N#CCS(=O)(=O)N1CCN(c2ccc(N3C[C@H](CNC(=S)C4CC4)OC3=O)cc2F)CC1. The Balaban J connectivity index is 1.36. The van der Waals surface area contributed by atoms with Gasteiger partial charge in [0.05, 0.1) is 35.5 Å². The van der Waals surface area contributed by atoms with Gasteiger partial charge < -0.3 is 15.0 Å². The van der Waals surface area contributed by atoms with Crippen LogP contribution < -0.4 is 15.1 Å². The van der Waals surface area contributed by atoms with Crippen LogP contribution in [0.25, 0.3) is 0 Å². The fourth-order valence-corrected chi connectivity index (χ4v) is 5.23. The summed E-state index contributed by atoms with van der Waals surface area (Å²) in [6.45, 7) is 1.70. The summed E-state index contributed by atoms with van der Waals surface area (Å²) in [5.74, 6) is -0.626. The van der Waals surface area contributed by atoms with Crippen molar-refractivity contribution in [1.82, 2.24) is 9.62 Å². The van der Waals surface area contributed by atoms with Crippen molar-refractivity contribution < 1.29 is 22.3 Å². The zero-order chi connectivity index (χ0) is 22.9. The van der Waals surface area contributed by atoms with Crippen LogP contribution in [-0.4, -0.2) is 74.9 Å². The molecule has 12 heteroatoms. The Kier molecular flexibility index (Phi) is 6.50. The van der Waals surface area contributed by atoms with Crippen LogP contribution in [0.1, 0.15) is 12.8 Å². The van der Waals surface area contributed by atoms with E-state index >= 15 is 0 Å². The Morgan fingerprint density at radius 2 is 2.00 bits per heavy atom. The number of carbonyl (C=O) groups excluding carboxylic acids is 1. The molecule has 1 aliphatic carbocycles. The number of nitrogens with one attached hydrogen (secondary N) is 1. The third-order valence-electron chi connectivity index (χ3n) is 5.79. The lowest BCUT2D eigenvalue weighted by atomic mass is 10.2. The maximum atomic E-state index is 14.9. The van der Waals surface area contributed by atoms with E-state index in [1.54, 1.807) is 23.1 Å². The van der Waals surface area contributed by atoms with Gasteiger partial charge in [-0.15, -0.1) is 0 Å². The Morgan fingerprint density at radius 3 is 2.62 bits per heavy atom. The zero-order valence-corrected chi connectivity index (χ0v) is 19.0. The normalized spacial score (nSPS) is 21.9. The van der Waals surface area contributed by atoms with Crippen molar-refractivity contribution >= 4 is 44.7 Å². The Hall–Kier alpha value is -2.49. The van der Waals surface area contributed by atoms with Crippen molar-refractivity contribution in [3.63, 3.8) is 0 Å². The molecule has 172 valence electrons. The predicted molar refractivity (Wildman–Crippen MR) is 121 cm³/mol. The van der Waals surface area contributed by atoms with Gasteiger partial charge in [-0.1, -0.05) is 12.2 Å². The molecule has 32 heavy (non-hydrogen) atoms. The van der Waals surface area contributed by atoms with Gasteiger partial charge in [-0.05, 0) is 31.0 Å². The number of ether oxygens (including phenoxy) is 1. The lowest BCUT2D eigenvalue weighted by Gasteiger charge is -2.35. The van der Waals surface area contributed by atoms with E-state index in [2.05, 4.69) is 5.32 Å². The van der Waals surface area contributed by atoms with E-state index in [0.717, 1.165) is 17.8 Å². The molecular formula is C20H24FN5O4S2. The minimum atomic E-state index is -3.61. The van der Waals surface area contributed by atoms with Crippen LogP contribution in [0.5, 0.6) is 0 Å². The Bertz CT molecular complexity index is 1050. The van der Waals surface area contributed by atoms with E-state index in [1.807, 2.05) is 0 Å². The molecule has 1 atom stereocenters. The van der Waals surface area contributed by atoms with Crippen molar-refractivity contribution in [2.75, 3.05) is 54.8 Å². The van der Waals surface area contributed by atoms with E-state index in [-0.39, 0.29) is 19.2 Å². The lowest BCUT2D eigenvalue weighted by molar-refractivity contribution is 0.143. The summed E-state index contributed by atoms with van der Waals surface area (Å²) in [5.41, 5.74) is 0.741. The number of cyclic esters (lactones) is 1. The number of nitriles is 1. The maximum absolute atomic E-state index is 14.9. The van der Waals surface area contributed by atoms with Gasteiger partial charge in [-0.2, -0.15) is 9.57 Å². The number of benzene rings is 1. The molecule has 2 heterocycles. The van der Waals surface area contributed by atoms with Gasteiger partial charge in [0.25, 0.3) is 0 Å². The molecular weight excluding hydrogens is 457 g/mol. The first-order chi connectivity index (χ1) is 15.3. The van der Waals surface area contributed by atoms with Crippen molar-refractivity contribution in [3.8, 4) is 6.07 Å². The summed E-state index contributed by atoms with van der Waals surface area (Å²) in [5, 5.41) is 11.8. The monoisotopic (exact) mass is 481 g/mol. The number of hydrogen-bond acceptors (Lipinski definition) is 7. The molecule has 0 bridgehead atoms. The highest BCUT2D eigenvalue weighted by Gasteiger charge is 2.34. The first-order valence-electron chi connectivity index (χ1n) is 10.4. The number of hydrogen-bond donors (Lipinski definition) is 1. The first kappa shape index (κ1) is 22.7. The number of piperazine rings is 1. The number of sulfonamides is 1. The molecule has 3 fully saturated rings. The molecule has 1 amide bonds. The van der Waals surface area contributed by atoms with Crippen molar-refractivity contribution in [2.45, 2.75) is 18.9 Å². The van der Waals surface area contributed by atoms with Crippen LogP contribution >= 0.6 is 12.2 Å². The van der Waals surface area contributed by atoms with Crippen molar-refractivity contribution in [3.05, 3.63) is 24.0 Å². The lowest BCUT2D eigenvalue weighted by Crippen LogP contribution is -2.49. The van der Waals surface area contributed by atoms with Crippen LogP contribution in [0, 0.1) is 23.1 Å². The molecule has 9 nitrogen and oxygen atoms in total. The number of amides is 1. The number of rotatable bonds is 7. The highest BCUT2D eigenvalue weighted by Crippen LogP contribution is 2.30. The molecule has 1 aromatic rings. The minimum absolute atomic E-state index is 0.182. The quantitative estimate of drug-likeness (QED) is 0.584. The molecule has 0 spiro atoms. The number of nitrogens with zero attached hydrogens (tertiary/aromatic N) is 4. The summed E-state index contributed by atoms with van der Waals surface area (Å²) in [6.07, 6.45) is 1.29. The summed E-state index contributed by atoms with van der Waals surface area (Å²) in [4.78, 5) is 16.2. The minimum Gasteiger partial charge on any atom is -0.442 e. The van der Waals surface area contributed by atoms with Gasteiger partial charge in [0.2, 0.25) is 10.0 Å². The molecule has 1 saturated carbocycles. The molecule has 1 aromatic carbocycles. The molecule has 0 unspecified atom stereocenters. The van der Waals surface area contributed by atoms with Gasteiger partial charge in [0.15, 0.2) is 5.75 Å². The summed E-state index contributed by atoms with van der Waals surface area (Å²) >= 11 is 5.29. The predicted octanol–water partition coefficient (Wildman–Crippen LogP) is 1.45. The third kappa shape index (κ3) is 4.95. The third-order valence-corrected chi connectivity index (χ3v) is 7.91. The van der Waals surface area contributed by atoms with E-state index in [0.29, 0.717) is 43.5 Å². The van der Waals surface area contributed by atoms with E-state index in [1.165, 1.54) is 15.3 Å². The molecule has 0 radical (unpaired) electrons. The van der Waals surface area contributed by atoms with Crippen molar-refractivity contribution in [1.29, 1.82) is 5.26 Å². The topological polar surface area (TPSA) is 106 Å². The number of halogens is 1. The van der Waals surface area contributed by atoms with Gasteiger partial charge in [0, 0.05) is 32.1 Å². The average Bonchev–Trinajstić information content (AvgIpc) is 3.55. The highest BCUT2D eigenvalue weighted by molar-refractivity contribution is 7.89. The average molecular weight is 482 g/mol. The summed E-state index contributed by atoms with van der Waals surface area (Å²) in [6, 6.07) is 6.20. The fraction of sp³-hybridized carbons (Fsp3) is 0.550. The number of carbonyl (C=O) groups is 1. The smallest absolute Gasteiger partial charge is 0.414 e. The Morgan fingerprint density at radius 1 is 1.28 bits per heavy atom. The van der Waals surface area contributed by atoms with Gasteiger partial charge in [0.1, 0.15) is 11.9 Å². The van der Waals surface area contributed by atoms with Gasteiger partial charge >= 0.3 is 6.09 Å². The second kappa shape index (κ2) is 9.17. The molecule has 1 N–H and O–H groups in total. The van der Waals surface area contributed by atoms with Crippen LogP contribution in [0.15, 0.2) is 18.2 Å². The summed E-state index contributed by atoms with van der Waals surface area (Å²) in [7, 11) is -3.61. The van der Waals surface area contributed by atoms with Crippen LogP contribution in [0.4, 0.5) is 20.6 Å². The standard InChI is InChI=1S/C20H24FN5O4S2/c21-17-11-15(26-13-16(30-20(26)27)12-23-19(31)14-1-2-14)3-4-18(17)24-6-8-25(9-7-24)32(28,29)10-5-22/h3-4,11,14,16H,1-2,6-10,12-13H2,(H,23,31)/t16-/m0/s1. The highest BCUT2D eigenvalue weighted by atomic mass is 32.2. The van der Waals surface area contributed by atoms with Gasteiger partial charge in [-0.25, -0.2) is 17.6 Å². The van der Waals surface area contributed by atoms with Crippen molar-refractivity contribution in [2.24, 2.45) is 5.92 Å². The second-order valence-electron chi connectivity index (χ2n) is 8.07. The largest absolute Gasteiger partial charge is 0.442 e. The molecule has 2 aliphatic heterocycles. The molecule has 0 aromatic heterocycles. The van der Waals surface area contributed by atoms with Crippen LogP contribution in [0.3, 0.4) is 0 Å². The molecule has 3 aliphatic rings. The number of anilines is 2. The molecule has 2 saturated heterocycles. The van der Waals surface area contributed by atoms with Gasteiger partial charge in [-0.3, -0.25) is 4.90 Å². The maximum Gasteiger partial charge on any atom is 0.414 e. The molecule has 4 rings (SSSR count).